The van der Waals surface area contributed by atoms with Gasteiger partial charge in [-0.25, -0.2) is 9.18 Å². The van der Waals surface area contributed by atoms with Crippen LogP contribution in [0.25, 0.3) is 0 Å². The van der Waals surface area contributed by atoms with E-state index in [0.29, 0.717) is 12.6 Å². The smallest absolute Gasteiger partial charge is 0.318 e. The molecule has 21 heavy (non-hydrogen) atoms. The average Bonchev–Trinajstić information content (AvgIpc) is 2.49. The SMILES string of the molecule is CCN(C(=O)NC1CCCCC1)C(C)c1ccc(F)cc1. The van der Waals surface area contributed by atoms with Gasteiger partial charge < -0.3 is 10.2 Å². The topological polar surface area (TPSA) is 32.3 Å². The normalized spacial score (nSPS) is 17.3. The van der Waals surface area contributed by atoms with E-state index in [1.54, 1.807) is 12.1 Å². The molecule has 1 aromatic rings. The van der Waals surface area contributed by atoms with Crippen LogP contribution in [0.5, 0.6) is 0 Å². The molecule has 0 heterocycles. The first-order valence-electron chi connectivity index (χ1n) is 7.94. The van der Waals surface area contributed by atoms with Crippen LogP contribution < -0.4 is 5.32 Å². The van der Waals surface area contributed by atoms with Crippen LogP contribution in [0.2, 0.25) is 0 Å². The molecule has 1 atom stereocenters. The summed E-state index contributed by atoms with van der Waals surface area (Å²) >= 11 is 0. The molecule has 1 saturated carbocycles. The molecule has 0 saturated heterocycles. The Morgan fingerprint density at radius 1 is 1.29 bits per heavy atom. The van der Waals surface area contributed by atoms with Gasteiger partial charge in [0.1, 0.15) is 5.82 Å². The van der Waals surface area contributed by atoms with E-state index in [1.165, 1.54) is 31.4 Å². The summed E-state index contributed by atoms with van der Waals surface area (Å²) in [5.41, 5.74) is 0.956. The summed E-state index contributed by atoms with van der Waals surface area (Å²) in [5.74, 6) is -0.249. The number of benzene rings is 1. The minimum absolute atomic E-state index is 0.0128. The molecule has 1 N–H and O–H groups in total. The van der Waals surface area contributed by atoms with Crippen LogP contribution in [0.3, 0.4) is 0 Å². The fourth-order valence-corrected chi connectivity index (χ4v) is 3.02. The largest absolute Gasteiger partial charge is 0.335 e. The van der Waals surface area contributed by atoms with Crippen molar-refractivity contribution in [3.05, 3.63) is 35.6 Å². The van der Waals surface area contributed by atoms with Gasteiger partial charge in [-0.1, -0.05) is 31.4 Å². The van der Waals surface area contributed by atoms with Crippen molar-refractivity contribution in [3.63, 3.8) is 0 Å². The Morgan fingerprint density at radius 3 is 2.48 bits per heavy atom. The van der Waals surface area contributed by atoms with Gasteiger partial charge in [0, 0.05) is 12.6 Å². The van der Waals surface area contributed by atoms with Crippen LogP contribution in [0.4, 0.5) is 9.18 Å². The number of hydrogen-bond acceptors (Lipinski definition) is 1. The number of carbonyl (C=O) groups excluding carboxylic acids is 1. The fraction of sp³-hybridized carbons (Fsp3) is 0.588. The molecule has 0 radical (unpaired) electrons. The maximum Gasteiger partial charge on any atom is 0.318 e. The first-order valence-corrected chi connectivity index (χ1v) is 7.94. The zero-order valence-electron chi connectivity index (χ0n) is 12.9. The number of carbonyl (C=O) groups is 1. The van der Waals surface area contributed by atoms with Crippen molar-refractivity contribution in [2.24, 2.45) is 0 Å². The van der Waals surface area contributed by atoms with Crippen LogP contribution in [0.15, 0.2) is 24.3 Å². The lowest BCUT2D eigenvalue weighted by atomic mass is 9.95. The van der Waals surface area contributed by atoms with Crippen LogP contribution >= 0.6 is 0 Å². The van der Waals surface area contributed by atoms with Gasteiger partial charge in [-0.3, -0.25) is 0 Å². The summed E-state index contributed by atoms with van der Waals surface area (Å²) in [6.07, 6.45) is 5.83. The van der Waals surface area contributed by atoms with Crippen molar-refractivity contribution in [1.82, 2.24) is 10.2 Å². The highest BCUT2D eigenvalue weighted by Gasteiger charge is 2.23. The van der Waals surface area contributed by atoms with Gasteiger partial charge in [0.05, 0.1) is 6.04 Å². The van der Waals surface area contributed by atoms with Gasteiger partial charge in [0.25, 0.3) is 0 Å². The lowest BCUT2D eigenvalue weighted by molar-refractivity contribution is 0.175. The van der Waals surface area contributed by atoms with Gasteiger partial charge in [0.2, 0.25) is 0 Å². The van der Waals surface area contributed by atoms with Crippen LogP contribution in [0.1, 0.15) is 57.6 Å². The van der Waals surface area contributed by atoms with Crippen molar-refractivity contribution in [2.75, 3.05) is 6.54 Å². The molecule has 2 amide bonds. The minimum atomic E-state index is -0.249. The highest BCUT2D eigenvalue weighted by Crippen LogP contribution is 2.22. The molecule has 1 fully saturated rings. The van der Waals surface area contributed by atoms with Crippen molar-refractivity contribution >= 4 is 6.03 Å². The van der Waals surface area contributed by atoms with Crippen LogP contribution in [-0.2, 0) is 0 Å². The Labute approximate surface area is 126 Å². The number of amides is 2. The van der Waals surface area contributed by atoms with E-state index >= 15 is 0 Å². The number of nitrogens with one attached hydrogen (secondary N) is 1. The predicted molar refractivity (Wildman–Crippen MR) is 82.6 cm³/mol. The Kier molecular flexibility index (Phi) is 5.59. The third kappa shape index (κ3) is 4.19. The van der Waals surface area contributed by atoms with E-state index in [0.717, 1.165) is 18.4 Å². The van der Waals surface area contributed by atoms with Crippen molar-refractivity contribution in [1.29, 1.82) is 0 Å². The van der Waals surface area contributed by atoms with Gasteiger partial charge in [-0.05, 0) is 44.4 Å². The number of nitrogens with zero attached hydrogens (tertiary/aromatic N) is 1. The minimum Gasteiger partial charge on any atom is -0.335 e. The molecule has 1 aliphatic rings. The molecule has 2 rings (SSSR count). The molecule has 0 spiro atoms. The van der Waals surface area contributed by atoms with E-state index in [9.17, 15) is 9.18 Å². The number of halogens is 1. The first kappa shape index (κ1) is 15.8. The summed E-state index contributed by atoms with van der Waals surface area (Å²) in [6.45, 7) is 4.59. The summed E-state index contributed by atoms with van der Waals surface area (Å²) in [7, 11) is 0. The zero-order valence-corrected chi connectivity index (χ0v) is 12.9. The monoisotopic (exact) mass is 292 g/mol. The van der Waals surface area contributed by atoms with Crippen molar-refractivity contribution in [3.8, 4) is 0 Å². The molecule has 0 bridgehead atoms. The molecule has 1 aliphatic carbocycles. The van der Waals surface area contributed by atoms with Gasteiger partial charge in [-0.15, -0.1) is 0 Å². The number of rotatable bonds is 4. The Bertz CT molecular complexity index is 454. The average molecular weight is 292 g/mol. The molecule has 4 heteroatoms. The second-order valence-corrected chi connectivity index (χ2v) is 5.80. The fourth-order valence-electron chi connectivity index (χ4n) is 3.02. The van der Waals surface area contributed by atoms with Gasteiger partial charge >= 0.3 is 6.03 Å². The Morgan fingerprint density at radius 2 is 1.90 bits per heavy atom. The van der Waals surface area contributed by atoms with Crippen LogP contribution in [0, 0.1) is 5.82 Å². The van der Waals surface area contributed by atoms with Crippen molar-refractivity contribution in [2.45, 2.75) is 58.0 Å². The Balaban J connectivity index is 1.99. The van der Waals surface area contributed by atoms with Gasteiger partial charge in [-0.2, -0.15) is 0 Å². The van der Waals surface area contributed by atoms with E-state index in [4.69, 9.17) is 0 Å². The summed E-state index contributed by atoms with van der Waals surface area (Å²) in [4.78, 5) is 14.3. The molecular formula is C17H25FN2O. The summed E-state index contributed by atoms with van der Waals surface area (Å²) in [6, 6.07) is 6.62. The third-order valence-electron chi connectivity index (χ3n) is 4.35. The maximum absolute atomic E-state index is 13.0. The van der Waals surface area contributed by atoms with E-state index in [1.807, 2.05) is 18.7 Å². The van der Waals surface area contributed by atoms with Crippen LogP contribution in [-0.4, -0.2) is 23.5 Å². The zero-order chi connectivity index (χ0) is 15.2. The lowest BCUT2D eigenvalue weighted by Gasteiger charge is -2.31. The van der Waals surface area contributed by atoms with E-state index in [2.05, 4.69) is 5.32 Å². The molecular weight excluding hydrogens is 267 g/mol. The molecule has 0 aromatic heterocycles. The number of urea groups is 1. The van der Waals surface area contributed by atoms with E-state index in [-0.39, 0.29) is 17.9 Å². The second kappa shape index (κ2) is 7.43. The highest BCUT2D eigenvalue weighted by molar-refractivity contribution is 5.75. The van der Waals surface area contributed by atoms with Crippen molar-refractivity contribution < 1.29 is 9.18 Å². The van der Waals surface area contributed by atoms with Gasteiger partial charge in [0.15, 0.2) is 0 Å². The highest BCUT2D eigenvalue weighted by atomic mass is 19.1. The molecule has 116 valence electrons. The Hall–Kier alpha value is -1.58. The second-order valence-electron chi connectivity index (χ2n) is 5.80. The predicted octanol–water partition coefficient (Wildman–Crippen LogP) is 4.25. The molecule has 3 nitrogen and oxygen atoms in total. The quantitative estimate of drug-likeness (QED) is 0.884. The molecule has 0 aliphatic heterocycles. The standard InChI is InChI=1S/C17H25FN2O/c1-3-20(13(2)14-9-11-15(18)12-10-14)17(21)19-16-7-5-4-6-8-16/h9-13,16H,3-8H2,1-2H3,(H,19,21). The summed E-state index contributed by atoms with van der Waals surface area (Å²) < 4.78 is 13.0. The third-order valence-corrected chi connectivity index (χ3v) is 4.35. The lowest BCUT2D eigenvalue weighted by Crippen LogP contribution is -2.46. The maximum atomic E-state index is 13.0. The number of hydrogen-bond donors (Lipinski definition) is 1. The molecule has 1 aromatic carbocycles. The van der Waals surface area contributed by atoms with E-state index < -0.39 is 0 Å². The molecule has 1 unspecified atom stereocenters. The summed E-state index contributed by atoms with van der Waals surface area (Å²) in [5, 5.41) is 3.14. The first-order chi connectivity index (χ1) is 10.1.